The molecule has 4 rings (SSSR count). The fraction of sp³-hybridized carbons (Fsp3) is 0.364. The van der Waals surface area contributed by atoms with Gasteiger partial charge in [0.15, 0.2) is 0 Å². The molecule has 0 unspecified atom stereocenters. The summed E-state index contributed by atoms with van der Waals surface area (Å²) < 4.78 is 5.89. The molecule has 0 saturated carbocycles. The van der Waals surface area contributed by atoms with Crippen molar-refractivity contribution in [1.82, 2.24) is 15.0 Å². The third-order valence-electron chi connectivity index (χ3n) is 6.54. The van der Waals surface area contributed by atoms with Gasteiger partial charge in [-0.1, -0.05) is 51.6 Å². The monoisotopic (exact) mass is 589 g/mol. The van der Waals surface area contributed by atoms with Gasteiger partial charge in [0.1, 0.15) is 28.2 Å². The van der Waals surface area contributed by atoms with Crippen LogP contribution >= 0.6 is 11.8 Å². The van der Waals surface area contributed by atoms with Gasteiger partial charge in [0.05, 0.1) is 13.2 Å². The fourth-order valence-electron chi connectivity index (χ4n) is 4.26. The number of carbonyl (C=O) groups is 1. The van der Waals surface area contributed by atoms with Gasteiger partial charge in [-0.05, 0) is 92.6 Å². The molecule has 3 aromatic carbocycles. The van der Waals surface area contributed by atoms with Crippen LogP contribution in [0.3, 0.4) is 0 Å². The van der Waals surface area contributed by atoms with Crippen LogP contribution in [0.2, 0.25) is 0 Å². The Morgan fingerprint density at radius 3 is 2.29 bits per heavy atom. The largest absolute Gasteiger partial charge is 0.505 e. The quantitative estimate of drug-likeness (QED) is 0.0728. The molecule has 0 atom stereocenters. The number of carbonyl (C=O) groups excluding carboxylic acids is 1. The number of rotatable bonds is 13. The molecule has 0 amide bonds. The molecule has 8 nitrogen and oxygen atoms in total. The van der Waals surface area contributed by atoms with E-state index >= 15 is 0 Å². The number of phenols is 1. The fourth-order valence-corrected chi connectivity index (χ4v) is 5.11. The molecule has 0 fully saturated rings. The van der Waals surface area contributed by atoms with E-state index in [-0.39, 0.29) is 11.2 Å². The third-order valence-corrected chi connectivity index (χ3v) is 7.54. The van der Waals surface area contributed by atoms with Crippen molar-refractivity contribution in [1.29, 1.82) is 0 Å². The molecule has 0 aliphatic heterocycles. The molecule has 0 bridgehead atoms. The standard InChI is InChI=1S/C33H39N3O5S/c1-22(2)32(38)41-40-18-10-8-7-9-17-39-24-11-13-25(14-12-24)42-26-15-16-28-29(21-26)35-36(34-28)30-20-23(3)19-27(31(30)37)33(4,5)6/h11-16,19-21,37H,1,7-10,17-18H2,2-6H3. The number of nitrogens with zero attached hydrogens (tertiary/aromatic N) is 3. The summed E-state index contributed by atoms with van der Waals surface area (Å²) in [6, 6.07) is 18.0. The number of aromatic hydroxyl groups is 1. The van der Waals surface area contributed by atoms with Crippen molar-refractivity contribution in [2.75, 3.05) is 13.2 Å². The Bertz CT molecular complexity index is 1540. The minimum Gasteiger partial charge on any atom is -0.505 e. The highest BCUT2D eigenvalue weighted by molar-refractivity contribution is 7.99. The Hall–Kier alpha value is -3.82. The highest BCUT2D eigenvalue weighted by Crippen LogP contribution is 2.36. The van der Waals surface area contributed by atoms with E-state index in [0.717, 1.165) is 63.4 Å². The van der Waals surface area contributed by atoms with E-state index in [9.17, 15) is 9.90 Å². The van der Waals surface area contributed by atoms with Gasteiger partial charge < -0.3 is 9.84 Å². The molecule has 0 aliphatic carbocycles. The molecular weight excluding hydrogens is 550 g/mol. The second-order valence-corrected chi connectivity index (χ2v) is 12.5. The number of aryl methyl sites for hydroxylation is 1. The maximum Gasteiger partial charge on any atom is 0.368 e. The van der Waals surface area contributed by atoms with E-state index in [1.165, 1.54) is 4.80 Å². The Kier molecular flexibility index (Phi) is 10.3. The van der Waals surface area contributed by atoms with Crippen LogP contribution in [0.1, 0.15) is 64.5 Å². The zero-order valence-electron chi connectivity index (χ0n) is 25.0. The molecule has 1 aromatic heterocycles. The van der Waals surface area contributed by atoms with Gasteiger partial charge in [-0.15, -0.1) is 15.0 Å². The maximum atomic E-state index is 11.2. The van der Waals surface area contributed by atoms with Crippen LogP contribution in [0, 0.1) is 6.92 Å². The molecular formula is C33H39N3O5S. The van der Waals surface area contributed by atoms with Gasteiger partial charge in [0, 0.05) is 20.9 Å². The summed E-state index contributed by atoms with van der Waals surface area (Å²) in [5.41, 5.74) is 4.13. The summed E-state index contributed by atoms with van der Waals surface area (Å²) in [4.78, 5) is 24.4. The second kappa shape index (κ2) is 13.9. The van der Waals surface area contributed by atoms with E-state index in [2.05, 4.69) is 42.4 Å². The molecule has 4 aromatic rings. The topological polar surface area (TPSA) is 95.7 Å². The van der Waals surface area contributed by atoms with Crippen molar-refractivity contribution < 1.29 is 24.4 Å². The number of hydrogen-bond acceptors (Lipinski definition) is 8. The van der Waals surface area contributed by atoms with E-state index < -0.39 is 5.97 Å². The van der Waals surface area contributed by atoms with Gasteiger partial charge in [0.2, 0.25) is 0 Å². The molecule has 0 saturated heterocycles. The summed E-state index contributed by atoms with van der Waals surface area (Å²) in [5, 5.41) is 20.3. The molecule has 0 spiro atoms. The number of aromatic nitrogens is 3. The van der Waals surface area contributed by atoms with E-state index in [1.54, 1.807) is 18.7 Å². The summed E-state index contributed by atoms with van der Waals surface area (Å²) in [7, 11) is 0. The van der Waals surface area contributed by atoms with Crippen LogP contribution in [-0.4, -0.2) is 39.3 Å². The third kappa shape index (κ3) is 8.36. The SMILES string of the molecule is C=C(C)C(=O)OOCCCCCCOc1ccc(Sc2ccc3nn(-c4cc(C)cc(C(C)(C)C)c4O)nc3c2)cc1. The van der Waals surface area contributed by atoms with Crippen molar-refractivity contribution >= 4 is 28.8 Å². The average molecular weight is 590 g/mol. The minimum atomic E-state index is -0.534. The van der Waals surface area contributed by atoms with E-state index in [1.807, 2.05) is 61.5 Å². The highest BCUT2D eigenvalue weighted by atomic mass is 32.2. The highest BCUT2D eigenvalue weighted by Gasteiger charge is 2.22. The lowest BCUT2D eigenvalue weighted by atomic mass is 9.85. The minimum absolute atomic E-state index is 0.206. The molecule has 222 valence electrons. The first-order valence-electron chi connectivity index (χ1n) is 14.1. The molecule has 1 heterocycles. The van der Waals surface area contributed by atoms with Crippen LogP contribution in [0.5, 0.6) is 11.5 Å². The lowest BCUT2D eigenvalue weighted by molar-refractivity contribution is -0.268. The molecule has 0 radical (unpaired) electrons. The van der Waals surface area contributed by atoms with Crippen molar-refractivity contribution in [2.45, 2.75) is 75.5 Å². The van der Waals surface area contributed by atoms with Crippen molar-refractivity contribution in [3.63, 3.8) is 0 Å². The number of hydrogen-bond donors (Lipinski definition) is 1. The van der Waals surface area contributed by atoms with Crippen LogP contribution in [0.4, 0.5) is 0 Å². The molecule has 1 N–H and O–H groups in total. The lowest BCUT2D eigenvalue weighted by Gasteiger charge is -2.22. The summed E-state index contributed by atoms with van der Waals surface area (Å²) in [5.74, 6) is 0.507. The Morgan fingerprint density at radius 1 is 0.929 bits per heavy atom. The Labute approximate surface area is 251 Å². The first-order chi connectivity index (χ1) is 20.0. The van der Waals surface area contributed by atoms with Crippen molar-refractivity contribution in [3.8, 4) is 17.2 Å². The normalized spacial score (nSPS) is 11.5. The maximum absolute atomic E-state index is 11.2. The van der Waals surface area contributed by atoms with Gasteiger partial charge in [-0.3, -0.25) is 4.89 Å². The molecule has 42 heavy (non-hydrogen) atoms. The van der Waals surface area contributed by atoms with Crippen LogP contribution in [-0.2, 0) is 20.0 Å². The average Bonchev–Trinajstić information content (AvgIpc) is 3.36. The van der Waals surface area contributed by atoms with Gasteiger partial charge >= 0.3 is 5.97 Å². The second-order valence-electron chi connectivity index (χ2n) is 11.4. The molecule has 0 aliphatic rings. The first kappa shape index (κ1) is 31.1. The lowest BCUT2D eigenvalue weighted by Crippen LogP contribution is -2.13. The molecule has 9 heteroatoms. The zero-order valence-corrected chi connectivity index (χ0v) is 25.8. The summed E-state index contributed by atoms with van der Waals surface area (Å²) >= 11 is 1.64. The smallest absolute Gasteiger partial charge is 0.368 e. The van der Waals surface area contributed by atoms with Crippen LogP contribution < -0.4 is 4.74 Å². The number of phenolic OH excluding ortho intramolecular Hbond substituents is 1. The van der Waals surface area contributed by atoms with Gasteiger partial charge in [-0.25, -0.2) is 4.79 Å². The number of fused-ring (bicyclic) bond motifs is 1. The van der Waals surface area contributed by atoms with Crippen LogP contribution in [0.15, 0.2) is 76.5 Å². The van der Waals surface area contributed by atoms with E-state index in [4.69, 9.17) is 9.62 Å². The number of unbranched alkanes of at least 4 members (excludes halogenated alkanes) is 3. The van der Waals surface area contributed by atoms with Gasteiger partial charge in [0.25, 0.3) is 0 Å². The Balaban J connectivity index is 1.27. The Morgan fingerprint density at radius 2 is 1.60 bits per heavy atom. The predicted molar refractivity (Wildman–Crippen MR) is 165 cm³/mol. The van der Waals surface area contributed by atoms with E-state index in [0.29, 0.717) is 24.5 Å². The first-order valence-corrected chi connectivity index (χ1v) is 14.9. The van der Waals surface area contributed by atoms with Crippen LogP contribution in [0.25, 0.3) is 16.7 Å². The van der Waals surface area contributed by atoms with Crippen molar-refractivity contribution in [2.24, 2.45) is 0 Å². The predicted octanol–water partition coefficient (Wildman–Crippen LogP) is 7.87. The zero-order chi connectivity index (χ0) is 30.3. The van der Waals surface area contributed by atoms with Crippen molar-refractivity contribution in [3.05, 3.63) is 77.9 Å². The summed E-state index contributed by atoms with van der Waals surface area (Å²) in [6.45, 7) is 14.3. The van der Waals surface area contributed by atoms with Gasteiger partial charge in [-0.2, -0.15) is 4.89 Å². The number of benzene rings is 3. The summed E-state index contributed by atoms with van der Waals surface area (Å²) in [6.07, 6.45) is 3.70. The number of ether oxygens (including phenoxy) is 1.